The lowest BCUT2D eigenvalue weighted by Crippen LogP contribution is -2.43. The van der Waals surface area contributed by atoms with Gasteiger partial charge in [-0.25, -0.2) is 18.2 Å². The number of aryl methyl sites for hydroxylation is 1. The summed E-state index contributed by atoms with van der Waals surface area (Å²) in [6, 6.07) is 2.55. The molecule has 0 aliphatic carbocycles. The average Bonchev–Trinajstić information content (AvgIpc) is 3.71. The van der Waals surface area contributed by atoms with Gasteiger partial charge in [0.15, 0.2) is 5.82 Å². The zero-order chi connectivity index (χ0) is 37.6. The molecular weight excluding hydrogens is 725 g/mol. The number of ether oxygens (including phenoxy) is 2. The van der Waals surface area contributed by atoms with E-state index in [9.17, 15) is 9.65 Å². The van der Waals surface area contributed by atoms with Crippen LogP contribution in [0.4, 0.5) is 43.0 Å². The number of rotatable bonds is 6. The van der Waals surface area contributed by atoms with E-state index in [-0.39, 0.29) is 71.0 Å². The maximum Gasteiger partial charge on any atom is 0.420 e. The number of nitrogen functional groups attached to an aromatic ring is 2. The van der Waals surface area contributed by atoms with E-state index in [1.54, 1.807) is 18.7 Å². The second kappa shape index (κ2) is 12.5. The molecule has 5 aromatic rings. The standard InChI is InChI=1S/C35H31F6N9O2S/c1-15-12-45-30(43)26(46-15)16(2)50-8-9-51-28-23-27(47-33(48-32(23)50)52-14-34-6-3-7-49(34)13-17(36)10-34)25(38)22(24(28)35(39,40)41)18-4-5-20(37)29-21(18)19(11-42)31(44)53-29/h4-5,12,16-17H,3,6-10,13-14,44H2,1-2H3,(H2,43,45)/t16-,17-,34+/m1/s1. The number of thiophene rings is 1. The fraction of sp³-hybridized carbons (Fsp3) is 0.400. The third kappa shape index (κ3) is 5.50. The Hall–Kier alpha value is -5.15. The number of anilines is 3. The van der Waals surface area contributed by atoms with Crippen molar-refractivity contribution in [3.05, 3.63) is 52.5 Å². The van der Waals surface area contributed by atoms with Crippen molar-refractivity contribution in [2.45, 2.75) is 57.0 Å². The average molecular weight is 756 g/mol. The molecule has 0 bridgehead atoms. The molecule has 3 aliphatic rings. The van der Waals surface area contributed by atoms with E-state index in [1.807, 2.05) is 11.0 Å². The number of hydrogen-bond donors (Lipinski definition) is 2. The van der Waals surface area contributed by atoms with Gasteiger partial charge in [-0.05, 0) is 44.9 Å². The number of benzene rings is 2. The van der Waals surface area contributed by atoms with Gasteiger partial charge in [-0.1, -0.05) is 6.07 Å². The normalized spacial score (nSPS) is 20.7. The first-order chi connectivity index (χ1) is 25.2. The Morgan fingerprint density at radius 2 is 1.96 bits per heavy atom. The molecule has 2 aromatic carbocycles. The van der Waals surface area contributed by atoms with Crippen molar-refractivity contribution in [3.63, 3.8) is 0 Å². The molecule has 2 saturated heterocycles. The number of hydrogen-bond acceptors (Lipinski definition) is 12. The first kappa shape index (κ1) is 34.9. The fourth-order valence-electron chi connectivity index (χ4n) is 8.05. The number of nitrogens with two attached hydrogens (primary N) is 2. The summed E-state index contributed by atoms with van der Waals surface area (Å²) in [5.41, 5.74) is 8.55. The Bertz CT molecular complexity index is 2370. The summed E-state index contributed by atoms with van der Waals surface area (Å²) in [6.45, 7) is 3.85. The summed E-state index contributed by atoms with van der Waals surface area (Å²) in [5.74, 6) is -3.14. The summed E-state index contributed by atoms with van der Waals surface area (Å²) >= 11 is 0.661. The van der Waals surface area contributed by atoms with Crippen LogP contribution in [0.25, 0.3) is 32.1 Å². The van der Waals surface area contributed by atoms with Crippen molar-refractivity contribution in [1.82, 2.24) is 24.8 Å². The van der Waals surface area contributed by atoms with E-state index in [1.165, 1.54) is 6.20 Å². The lowest BCUT2D eigenvalue weighted by atomic mass is 9.91. The Balaban J connectivity index is 1.42. The molecule has 3 aromatic heterocycles. The third-order valence-electron chi connectivity index (χ3n) is 10.4. The van der Waals surface area contributed by atoms with Crippen LogP contribution in [0.2, 0.25) is 0 Å². The van der Waals surface area contributed by atoms with Crippen molar-refractivity contribution in [3.8, 4) is 29.0 Å². The minimum atomic E-state index is -5.25. The molecule has 53 heavy (non-hydrogen) atoms. The summed E-state index contributed by atoms with van der Waals surface area (Å²) in [5, 5.41) is 9.10. The van der Waals surface area contributed by atoms with Crippen molar-refractivity contribution >= 4 is 49.0 Å². The molecule has 0 spiro atoms. The predicted octanol–water partition coefficient (Wildman–Crippen LogP) is 6.86. The van der Waals surface area contributed by atoms with Gasteiger partial charge in [0.2, 0.25) is 0 Å². The molecule has 0 amide bonds. The Labute approximate surface area is 302 Å². The van der Waals surface area contributed by atoms with Gasteiger partial charge in [0.1, 0.15) is 70.4 Å². The highest BCUT2D eigenvalue weighted by atomic mass is 32.1. The minimum absolute atomic E-state index is 0.0546. The Morgan fingerprint density at radius 1 is 1.17 bits per heavy atom. The van der Waals surface area contributed by atoms with Gasteiger partial charge < -0.3 is 25.8 Å². The second-order valence-electron chi connectivity index (χ2n) is 13.6. The van der Waals surface area contributed by atoms with E-state index in [4.69, 9.17) is 20.9 Å². The molecule has 3 atom stereocenters. The summed E-state index contributed by atoms with van der Waals surface area (Å²) in [4.78, 5) is 21.2. The molecule has 0 saturated carbocycles. The monoisotopic (exact) mass is 755 g/mol. The van der Waals surface area contributed by atoms with Crippen molar-refractivity contribution in [1.29, 1.82) is 5.26 Å². The number of fused-ring (bicyclic) bond motifs is 2. The number of alkyl halides is 4. The molecule has 4 N–H and O–H groups in total. The van der Waals surface area contributed by atoms with Gasteiger partial charge in [-0.3, -0.25) is 9.88 Å². The Kier molecular flexibility index (Phi) is 8.22. The van der Waals surface area contributed by atoms with Crippen LogP contribution in [0.3, 0.4) is 0 Å². The fourth-order valence-corrected chi connectivity index (χ4v) is 9.00. The molecule has 6 heterocycles. The highest BCUT2D eigenvalue weighted by Gasteiger charge is 2.50. The number of nitrogens with zero attached hydrogens (tertiary/aromatic N) is 7. The summed E-state index contributed by atoms with van der Waals surface area (Å²) in [6.07, 6.45) is -3.19. The molecule has 0 unspecified atom stereocenters. The van der Waals surface area contributed by atoms with Crippen LogP contribution in [0.1, 0.15) is 54.7 Å². The van der Waals surface area contributed by atoms with Crippen LogP contribution in [0.15, 0.2) is 18.3 Å². The lowest BCUT2D eigenvalue weighted by Gasteiger charge is -2.32. The van der Waals surface area contributed by atoms with E-state index < -0.39 is 68.9 Å². The first-order valence-corrected chi connectivity index (χ1v) is 17.6. The maximum absolute atomic E-state index is 17.4. The molecule has 18 heteroatoms. The summed E-state index contributed by atoms with van der Waals surface area (Å²) in [7, 11) is 0. The lowest BCUT2D eigenvalue weighted by molar-refractivity contribution is -0.138. The van der Waals surface area contributed by atoms with E-state index in [0.29, 0.717) is 35.7 Å². The van der Waals surface area contributed by atoms with Crippen LogP contribution in [-0.2, 0) is 6.18 Å². The zero-order valence-electron chi connectivity index (χ0n) is 28.3. The Morgan fingerprint density at radius 3 is 2.72 bits per heavy atom. The summed E-state index contributed by atoms with van der Waals surface area (Å²) < 4.78 is 105. The molecule has 8 rings (SSSR count). The first-order valence-electron chi connectivity index (χ1n) is 16.8. The van der Waals surface area contributed by atoms with E-state index in [0.717, 1.165) is 18.6 Å². The minimum Gasteiger partial charge on any atom is -0.490 e. The molecule has 3 aliphatic heterocycles. The van der Waals surface area contributed by atoms with Gasteiger partial charge in [0, 0.05) is 23.9 Å². The molecule has 2 fully saturated rings. The molecular formula is C35H31F6N9O2S. The van der Waals surface area contributed by atoms with Crippen LogP contribution in [-0.4, -0.2) is 69.4 Å². The van der Waals surface area contributed by atoms with Crippen molar-refractivity contribution < 1.29 is 35.8 Å². The van der Waals surface area contributed by atoms with Crippen LogP contribution in [0.5, 0.6) is 11.8 Å². The van der Waals surface area contributed by atoms with E-state index in [2.05, 4.69) is 19.9 Å². The second-order valence-corrected chi connectivity index (χ2v) is 14.6. The van der Waals surface area contributed by atoms with Crippen molar-refractivity contribution in [2.75, 3.05) is 49.2 Å². The van der Waals surface area contributed by atoms with Gasteiger partial charge >= 0.3 is 12.2 Å². The van der Waals surface area contributed by atoms with Crippen LogP contribution >= 0.6 is 11.3 Å². The predicted molar refractivity (Wildman–Crippen MR) is 185 cm³/mol. The quantitative estimate of drug-likeness (QED) is 0.175. The zero-order valence-corrected chi connectivity index (χ0v) is 29.1. The van der Waals surface area contributed by atoms with Gasteiger partial charge in [-0.15, -0.1) is 11.3 Å². The van der Waals surface area contributed by atoms with Gasteiger partial charge in [0.25, 0.3) is 0 Å². The number of halogens is 6. The van der Waals surface area contributed by atoms with E-state index >= 15 is 22.0 Å². The largest absolute Gasteiger partial charge is 0.490 e. The highest BCUT2D eigenvalue weighted by molar-refractivity contribution is 7.23. The molecule has 276 valence electrons. The van der Waals surface area contributed by atoms with Crippen molar-refractivity contribution in [2.24, 2.45) is 0 Å². The maximum atomic E-state index is 17.4. The SMILES string of the molecule is Cc1cnc(N)c([C@@H](C)N2CCOc3c(C(F)(F)F)c(-c4ccc(F)c5sc(N)c(C#N)c45)c(F)c4nc(OC[C@@]56CCCN5C[C@H](F)C6)nc2c34)n1. The van der Waals surface area contributed by atoms with Crippen LogP contribution < -0.4 is 25.8 Å². The third-order valence-corrected chi connectivity index (χ3v) is 11.4. The van der Waals surface area contributed by atoms with Crippen LogP contribution in [0, 0.1) is 29.9 Å². The van der Waals surface area contributed by atoms with Gasteiger partial charge in [-0.2, -0.15) is 28.4 Å². The molecule has 0 radical (unpaired) electrons. The highest BCUT2D eigenvalue weighted by Crippen LogP contribution is 2.54. The van der Waals surface area contributed by atoms with Gasteiger partial charge in [0.05, 0.1) is 45.7 Å². The topological polar surface area (TPSA) is 152 Å². The molecule has 11 nitrogen and oxygen atoms in total. The number of nitriles is 1. The smallest absolute Gasteiger partial charge is 0.420 e. The number of aromatic nitrogens is 4.